The van der Waals surface area contributed by atoms with Gasteiger partial charge in [0.05, 0.1) is 0 Å². The van der Waals surface area contributed by atoms with Crippen LogP contribution in [0.15, 0.2) is 0 Å². The van der Waals surface area contributed by atoms with Gasteiger partial charge in [-0.2, -0.15) is 0 Å². The number of carboxylic acids is 4. The average molecular weight is 378 g/mol. The lowest BCUT2D eigenvalue weighted by Crippen LogP contribution is -2.44. The van der Waals surface area contributed by atoms with Crippen molar-refractivity contribution >= 4 is 35.8 Å². The lowest BCUT2D eigenvalue weighted by Gasteiger charge is -2.12. The third kappa shape index (κ3) is 15.3. The molecule has 0 aliphatic carbocycles. The van der Waals surface area contributed by atoms with Gasteiger partial charge in [0.15, 0.2) is 11.9 Å². The first-order valence-electron chi connectivity index (χ1n) is 6.97. The van der Waals surface area contributed by atoms with Gasteiger partial charge in [0.2, 0.25) is 0 Å². The minimum Gasteiger partial charge on any atom is -0.481 e. The predicted molar refractivity (Wildman–Crippen MR) is 86.7 cm³/mol. The zero-order valence-electron chi connectivity index (χ0n) is 13.6. The van der Waals surface area contributed by atoms with Gasteiger partial charge in [-0.05, 0) is 12.8 Å². The normalized spacial score (nSPS) is 11.7. The number of nitrogens with two attached hydrogens (primary N) is 2. The topological polar surface area (TPSA) is 273 Å². The van der Waals surface area contributed by atoms with Crippen LogP contribution in [0.5, 0.6) is 0 Å². The largest absolute Gasteiger partial charge is 0.481 e. The SMILES string of the molecule is N=C(N)N[C@@H](CCC(=O)O)C(=O)O.N=C(N)N[C@@H](CCC(=O)O)C(=O)O. The Morgan fingerprint density at radius 1 is 0.731 bits per heavy atom. The predicted octanol–water partition coefficient (Wildman–Crippen LogP) is -2.43. The highest BCUT2D eigenvalue weighted by Crippen LogP contribution is 1.97. The van der Waals surface area contributed by atoms with E-state index in [2.05, 4.69) is 10.6 Å². The van der Waals surface area contributed by atoms with Crippen molar-refractivity contribution < 1.29 is 39.6 Å². The molecule has 0 rings (SSSR count). The van der Waals surface area contributed by atoms with Gasteiger partial charge in [0, 0.05) is 12.8 Å². The third-order valence-corrected chi connectivity index (χ3v) is 2.55. The summed E-state index contributed by atoms with van der Waals surface area (Å²) in [7, 11) is 0. The van der Waals surface area contributed by atoms with E-state index in [1.807, 2.05) is 0 Å². The van der Waals surface area contributed by atoms with E-state index in [0.29, 0.717) is 0 Å². The second-order valence-corrected chi connectivity index (χ2v) is 4.76. The standard InChI is InChI=1S/2C6H11N3O4/c2*7-6(8)9-3(5(12)13)1-2-4(10)11/h2*3H,1-2H2,(H,10,11)(H,12,13)(H4,7,8,9)/t2*3-/m00/s1. The first-order valence-corrected chi connectivity index (χ1v) is 6.97. The first-order chi connectivity index (χ1) is 11.9. The number of carbonyl (C=O) groups is 4. The summed E-state index contributed by atoms with van der Waals surface area (Å²) in [5, 5.41) is 51.4. The molecule has 0 aliphatic heterocycles. The van der Waals surface area contributed by atoms with E-state index in [4.69, 9.17) is 42.7 Å². The van der Waals surface area contributed by atoms with Crippen molar-refractivity contribution in [3.8, 4) is 0 Å². The lowest BCUT2D eigenvalue weighted by molar-refractivity contribution is -0.142. The van der Waals surface area contributed by atoms with Crippen molar-refractivity contribution in [1.29, 1.82) is 10.8 Å². The molecule has 0 saturated carbocycles. The molecular weight excluding hydrogens is 356 g/mol. The van der Waals surface area contributed by atoms with Crippen LogP contribution in [0.2, 0.25) is 0 Å². The summed E-state index contributed by atoms with van der Waals surface area (Å²) >= 11 is 0. The molecule has 0 spiro atoms. The fourth-order valence-electron chi connectivity index (χ4n) is 1.43. The maximum absolute atomic E-state index is 10.4. The van der Waals surface area contributed by atoms with Crippen LogP contribution in [0.3, 0.4) is 0 Å². The summed E-state index contributed by atoms with van der Waals surface area (Å²) in [4.78, 5) is 41.1. The van der Waals surface area contributed by atoms with Gasteiger partial charge in [-0.25, -0.2) is 9.59 Å². The van der Waals surface area contributed by atoms with Crippen LogP contribution >= 0.6 is 0 Å². The molecule has 0 radical (unpaired) electrons. The Bertz CT molecular complexity index is 504. The van der Waals surface area contributed by atoms with Gasteiger partial charge in [-0.3, -0.25) is 20.4 Å². The number of hydrogen-bond acceptors (Lipinski definition) is 6. The fraction of sp³-hybridized carbons (Fsp3) is 0.500. The molecule has 0 aliphatic rings. The van der Waals surface area contributed by atoms with Gasteiger partial charge >= 0.3 is 23.9 Å². The van der Waals surface area contributed by atoms with E-state index in [1.165, 1.54) is 0 Å². The van der Waals surface area contributed by atoms with Crippen molar-refractivity contribution in [2.75, 3.05) is 0 Å². The molecule has 14 nitrogen and oxygen atoms in total. The molecule has 12 N–H and O–H groups in total. The molecule has 26 heavy (non-hydrogen) atoms. The summed E-state index contributed by atoms with van der Waals surface area (Å²) in [6.07, 6.45) is -0.775. The summed E-state index contributed by atoms with van der Waals surface area (Å²) in [5.41, 5.74) is 9.80. The number of aliphatic carboxylic acids is 4. The Hall–Kier alpha value is -3.58. The molecule has 0 fully saturated rings. The number of nitrogens with one attached hydrogen (secondary N) is 4. The molecule has 0 heterocycles. The quantitative estimate of drug-likeness (QED) is 0.140. The van der Waals surface area contributed by atoms with Crippen molar-refractivity contribution in [3.05, 3.63) is 0 Å². The van der Waals surface area contributed by atoms with E-state index in [1.54, 1.807) is 0 Å². The second kappa shape index (κ2) is 12.8. The van der Waals surface area contributed by atoms with Crippen molar-refractivity contribution in [3.63, 3.8) is 0 Å². The summed E-state index contributed by atoms with van der Waals surface area (Å²) in [6.45, 7) is 0. The maximum atomic E-state index is 10.4. The van der Waals surface area contributed by atoms with E-state index in [9.17, 15) is 19.2 Å². The molecule has 0 saturated heterocycles. The third-order valence-electron chi connectivity index (χ3n) is 2.55. The van der Waals surface area contributed by atoms with Crippen molar-refractivity contribution in [2.24, 2.45) is 11.5 Å². The van der Waals surface area contributed by atoms with Crippen molar-refractivity contribution in [2.45, 2.75) is 37.8 Å². The minimum atomic E-state index is -1.23. The van der Waals surface area contributed by atoms with Crippen molar-refractivity contribution in [1.82, 2.24) is 10.6 Å². The number of rotatable bonds is 10. The molecule has 2 atom stereocenters. The Morgan fingerprint density at radius 2 is 1.00 bits per heavy atom. The Labute approximate surface area is 147 Å². The van der Waals surface area contributed by atoms with Crippen LogP contribution < -0.4 is 22.1 Å². The zero-order chi connectivity index (χ0) is 20.9. The van der Waals surface area contributed by atoms with E-state index in [0.717, 1.165) is 0 Å². The van der Waals surface area contributed by atoms with Gasteiger partial charge < -0.3 is 42.5 Å². The molecule has 0 bridgehead atoms. The highest BCUT2D eigenvalue weighted by Gasteiger charge is 2.19. The smallest absolute Gasteiger partial charge is 0.326 e. The maximum Gasteiger partial charge on any atom is 0.326 e. The highest BCUT2D eigenvalue weighted by atomic mass is 16.4. The summed E-state index contributed by atoms with van der Waals surface area (Å²) < 4.78 is 0. The number of hydrogen-bond donors (Lipinski definition) is 10. The molecule has 148 valence electrons. The molecule has 0 aromatic heterocycles. The number of guanidine groups is 2. The molecule has 0 unspecified atom stereocenters. The van der Waals surface area contributed by atoms with Crippen LogP contribution in [0, 0.1) is 10.8 Å². The van der Waals surface area contributed by atoms with Crippen LogP contribution in [-0.2, 0) is 19.2 Å². The fourth-order valence-corrected chi connectivity index (χ4v) is 1.43. The molecule has 14 heteroatoms. The number of carboxylic acid groups (broad SMARTS) is 4. The summed E-state index contributed by atoms with van der Waals surface area (Å²) in [5.74, 6) is -5.60. The van der Waals surface area contributed by atoms with Crippen LogP contribution in [-0.4, -0.2) is 68.3 Å². The van der Waals surface area contributed by atoms with Crippen LogP contribution in [0.4, 0.5) is 0 Å². The van der Waals surface area contributed by atoms with E-state index >= 15 is 0 Å². The van der Waals surface area contributed by atoms with Crippen LogP contribution in [0.25, 0.3) is 0 Å². The van der Waals surface area contributed by atoms with E-state index < -0.39 is 47.9 Å². The van der Waals surface area contributed by atoms with Gasteiger partial charge in [-0.15, -0.1) is 0 Å². The molecular formula is C12H22N6O8. The van der Waals surface area contributed by atoms with Crippen LogP contribution in [0.1, 0.15) is 25.7 Å². The van der Waals surface area contributed by atoms with Gasteiger partial charge in [0.1, 0.15) is 12.1 Å². The molecule has 0 amide bonds. The molecule has 0 aromatic carbocycles. The zero-order valence-corrected chi connectivity index (χ0v) is 13.6. The minimum absolute atomic E-state index is 0.107. The Balaban J connectivity index is 0. The summed E-state index contributed by atoms with van der Waals surface area (Å²) in [6, 6.07) is -2.23. The lowest BCUT2D eigenvalue weighted by atomic mass is 10.1. The van der Waals surface area contributed by atoms with Gasteiger partial charge in [-0.1, -0.05) is 0 Å². The van der Waals surface area contributed by atoms with E-state index in [-0.39, 0.29) is 25.7 Å². The monoisotopic (exact) mass is 378 g/mol. The average Bonchev–Trinajstić information content (AvgIpc) is 2.46. The molecule has 0 aromatic rings. The Kier molecular flexibility index (Phi) is 12.1. The second-order valence-electron chi connectivity index (χ2n) is 4.76. The highest BCUT2D eigenvalue weighted by molar-refractivity contribution is 5.83. The Morgan fingerprint density at radius 3 is 1.15 bits per heavy atom. The van der Waals surface area contributed by atoms with Gasteiger partial charge in [0.25, 0.3) is 0 Å². The first kappa shape index (κ1) is 24.7.